The highest BCUT2D eigenvalue weighted by molar-refractivity contribution is 6.20. The summed E-state index contributed by atoms with van der Waals surface area (Å²) in [5.74, 6) is 0. The highest BCUT2D eigenvalue weighted by atomic mass is 14.9. The first-order chi connectivity index (χ1) is 11.6. The van der Waals surface area contributed by atoms with Gasteiger partial charge in [-0.25, -0.2) is 0 Å². The first-order valence-electron chi connectivity index (χ1n) is 8.61. The van der Waals surface area contributed by atoms with Gasteiger partial charge in [-0.15, -0.1) is 0 Å². The number of aryl methyl sites for hydroxylation is 1. The molecule has 0 saturated heterocycles. The minimum Gasteiger partial charge on any atom is -0.347 e. The maximum Gasteiger partial charge on any atom is 0.0493 e. The Kier molecular flexibility index (Phi) is 3.28. The fourth-order valence-electron chi connectivity index (χ4n) is 4.24. The third-order valence-corrected chi connectivity index (χ3v) is 5.49. The van der Waals surface area contributed by atoms with Crippen LogP contribution in [0.15, 0.2) is 54.1 Å². The molecule has 0 amide bonds. The summed E-state index contributed by atoms with van der Waals surface area (Å²) >= 11 is 0. The first kappa shape index (κ1) is 15.0. The molecule has 0 bridgehead atoms. The second-order valence-electron chi connectivity index (χ2n) is 6.62. The number of hydrogen-bond acceptors (Lipinski definition) is 0. The van der Waals surface area contributed by atoms with Crippen molar-refractivity contribution >= 4 is 32.8 Å². The molecule has 120 valence electrons. The van der Waals surface area contributed by atoms with Crippen molar-refractivity contribution in [3.05, 3.63) is 71.0 Å². The van der Waals surface area contributed by atoms with Gasteiger partial charge in [0.25, 0.3) is 0 Å². The van der Waals surface area contributed by atoms with E-state index in [9.17, 15) is 0 Å². The molecule has 0 N–H and O–H groups in total. The summed E-state index contributed by atoms with van der Waals surface area (Å²) in [6, 6.07) is 11.2. The van der Waals surface area contributed by atoms with Gasteiger partial charge in [-0.2, -0.15) is 0 Å². The fourth-order valence-corrected chi connectivity index (χ4v) is 4.24. The topological polar surface area (TPSA) is 4.93 Å². The van der Waals surface area contributed by atoms with Crippen molar-refractivity contribution in [3.63, 3.8) is 0 Å². The van der Waals surface area contributed by atoms with E-state index in [4.69, 9.17) is 0 Å². The number of benzene rings is 2. The van der Waals surface area contributed by atoms with Crippen LogP contribution in [0.4, 0.5) is 0 Å². The Labute approximate surface area is 143 Å². The molecule has 1 aliphatic carbocycles. The molecule has 0 saturated carbocycles. The van der Waals surface area contributed by atoms with Crippen LogP contribution in [0.3, 0.4) is 0 Å². The number of hydrogen-bond donors (Lipinski definition) is 0. The summed E-state index contributed by atoms with van der Waals surface area (Å²) in [5, 5.41) is 4.11. The van der Waals surface area contributed by atoms with E-state index in [-0.39, 0.29) is 0 Å². The molecule has 0 unspecified atom stereocenters. The molecule has 0 fully saturated rings. The quantitative estimate of drug-likeness (QED) is 0.489. The van der Waals surface area contributed by atoms with Crippen molar-refractivity contribution in [3.8, 4) is 0 Å². The maximum absolute atomic E-state index is 2.33. The zero-order valence-corrected chi connectivity index (χ0v) is 15.1. The van der Waals surface area contributed by atoms with Gasteiger partial charge in [0.1, 0.15) is 0 Å². The Hall–Kier alpha value is -2.54. The van der Waals surface area contributed by atoms with Crippen molar-refractivity contribution in [2.75, 3.05) is 0 Å². The van der Waals surface area contributed by atoms with Gasteiger partial charge in [0.05, 0.1) is 0 Å². The van der Waals surface area contributed by atoms with Crippen LogP contribution in [0.2, 0.25) is 0 Å². The van der Waals surface area contributed by atoms with E-state index in [1.807, 2.05) is 0 Å². The lowest BCUT2D eigenvalue weighted by Crippen LogP contribution is -1.95. The largest absolute Gasteiger partial charge is 0.347 e. The van der Waals surface area contributed by atoms with Gasteiger partial charge in [-0.1, -0.05) is 42.5 Å². The van der Waals surface area contributed by atoms with Crippen LogP contribution in [0.25, 0.3) is 32.8 Å². The average molecular weight is 313 g/mol. The molecule has 1 heteroatoms. The van der Waals surface area contributed by atoms with Crippen LogP contribution in [0, 0.1) is 6.92 Å². The minimum absolute atomic E-state index is 1.32. The van der Waals surface area contributed by atoms with E-state index >= 15 is 0 Å². The van der Waals surface area contributed by atoms with Gasteiger partial charge in [0, 0.05) is 29.2 Å². The summed E-state index contributed by atoms with van der Waals surface area (Å²) in [5.41, 5.74) is 9.43. The minimum atomic E-state index is 1.32. The van der Waals surface area contributed by atoms with Crippen molar-refractivity contribution in [2.24, 2.45) is 7.05 Å². The van der Waals surface area contributed by atoms with E-state index in [0.717, 1.165) is 0 Å². The smallest absolute Gasteiger partial charge is 0.0493 e. The zero-order chi connectivity index (χ0) is 17.0. The number of rotatable bonds is 1. The van der Waals surface area contributed by atoms with Crippen LogP contribution in [-0.4, -0.2) is 4.57 Å². The van der Waals surface area contributed by atoms with E-state index in [2.05, 4.69) is 87.9 Å². The van der Waals surface area contributed by atoms with E-state index in [0.29, 0.717) is 0 Å². The molecule has 0 aliphatic heterocycles. The summed E-state index contributed by atoms with van der Waals surface area (Å²) in [6.45, 7) is 8.75. The predicted molar refractivity (Wildman–Crippen MR) is 106 cm³/mol. The average Bonchev–Trinajstić information content (AvgIpc) is 2.79. The number of nitrogens with zero attached hydrogens (tertiary/aromatic N) is 1. The molecule has 0 spiro atoms. The standard InChI is InChI=1S/C23H23N/c1-6-9-18-14(3)19-11-8-10-16-12-13-20-23(22(16)19)21(17(18)7-2)15(4)24(20)5/h6-13H,1-5H3/b9-6-,17-7?. The van der Waals surface area contributed by atoms with Crippen molar-refractivity contribution in [1.82, 2.24) is 4.57 Å². The van der Waals surface area contributed by atoms with Crippen LogP contribution in [0.1, 0.15) is 37.6 Å². The summed E-state index contributed by atoms with van der Waals surface area (Å²) < 4.78 is 2.33. The molecule has 1 nitrogen and oxygen atoms in total. The Morgan fingerprint density at radius 1 is 0.958 bits per heavy atom. The summed E-state index contributed by atoms with van der Waals surface area (Å²) in [7, 11) is 2.18. The molecule has 1 aromatic heterocycles. The van der Waals surface area contributed by atoms with E-state index in [1.54, 1.807) is 0 Å². The second-order valence-corrected chi connectivity index (χ2v) is 6.62. The summed E-state index contributed by atoms with van der Waals surface area (Å²) in [6.07, 6.45) is 6.67. The lowest BCUT2D eigenvalue weighted by molar-refractivity contribution is 0.915. The van der Waals surface area contributed by atoms with Gasteiger partial charge in [0.2, 0.25) is 0 Å². The normalized spacial score (nSPS) is 16.3. The molecule has 4 rings (SSSR count). The van der Waals surface area contributed by atoms with E-state index in [1.165, 1.54) is 55.2 Å². The molecular formula is C23H23N. The highest BCUT2D eigenvalue weighted by Gasteiger charge is 2.24. The van der Waals surface area contributed by atoms with Crippen LogP contribution < -0.4 is 0 Å². The van der Waals surface area contributed by atoms with Crippen molar-refractivity contribution < 1.29 is 0 Å². The van der Waals surface area contributed by atoms with Gasteiger partial charge >= 0.3 is 0 Å². The fraction of sp³-hybridized carbons (Fsp3) is 0.217. The third-order valence-electron chi connectivity index (χ3n) is 5.49. The van der Waals surface area contributed by atoms with Gasteiger partial charge in [-0.05, 0) is 66.8 Å². The SMILES string of the molecule is CC=C1C(/C=C\C)=C(C)c2cccc3ccc4c(c1c(C)n4C)c23. The van der Waals surface area contributed by atoms with Crippen LogP contribution in [0.5, 0.6) is 0 Å². The Morgan fingerprint density at radius 2 is 1.75 bits per heavy atom. The highest BCUT2D eigenvalue weighted by Crippen LogP contribution is 2.46. The van der Waals surface area contributed by atoms with Gasteiger partial charge in [-0.3, -0.25) is 0 Å². The van der Waals surface area contributed by atoms with Gasteiger partial charge < -0.3 is 4.57 Å². The molecule has 1 aliphatic rings. The Balaban J connectivity index is 2.37. The monoisotopic (exact) mass is 313 g/mol. The van der Waals surface area contributed by atoms with E-state index < -0.39 is 0 Å². The van der Waals surface area contributed by atoms with Crippen LogP contribution in [-0.2, 0) is 7.05 Å². The second kappa shape index (κ2) is 5.24. The molecule has 2 aromatic carbocycles. The molecule has 3 aromatic rings. The Morgan fingerprint density at radius 3 is 2.46 bits per heavy atom. The third kappa shape index (κ3) is 1.76. The van der Waals surface area contributed by atoms with Crippen molar-refractivity contribution in [1.29, 1.82) is 0 Å². The first-order valence-corrected chi connectivity index (χ1v) is 8.61. The molecule has 0 atom stereocenters. The van der Waals surface area contributed by atoms with Crippen molar-refractivity contribution in [2.45, 2.75) is 27.7 Å². The molecular weight excluding hydrogens is 290 g/mol. The Bertz CT molecular complexity index is 1080. The molecule has 1 heterocycles. The maximum atomic E-state index is 2.33. The lowest BCUT2D eigenvalue weighted by Gasteiger charge is -2.12. The molecule has 24 heavy (non-hydrogen) atoms. The van der Waals surface area contributed by atoms with Crippen LogP contribution >= 0.6 is 0 Å². The lowest BCUT2D eigenvalue weighted by atomic mass is 9.93. The zero-order valence-electron chi connectivity index (χ0n) is 15.1. The van der Waals surface area contributed by atoms with Gasteiger partial charge in [0.15, 0.2) is 0 Å². The molecule has 0 radical (unpaired) electrons. The summed E-state index contributed by atoms with van der Waals surface area (Å²) in [4.78, 5) is 0. The number of allylic oxidation sites excluding steroid dienone is 6. The predicted octanol–water partition coefficient (Wildman–Crippen LogP) is 6.41. The number of aromatic nitrogens is 1.